The largest absolute Gasteiger partial charge is 0.493 e. The monoisotopic (exact) mass is 414 g/mol. The van der Waals surface area contributed by atoms with Crippen LogP contribution in [0.1, 0.15) is 27.6 Å². The highest BCUT2D eigenvalue weighted by Crippen LogP contribution is 2.37. The number of thiophene rings is 1. The molecule has 0 fully saturated rings. The molecule has 9 heteroatoms. The topological polar surface area (TPSA) is 94.5 Å². The standard InChI is InChI=1S/C20H22N4O4S/c1-13(11-24-7-4-6-21-24)22-20(26)15-9-16(18(28-3)17(10-15)27-2)23-19(25)14-5-8-29-12-14/h4-10,12-13H,11H2,1-3H3,(H,22,26)(H,23,25). The highest BCUT2D eigenvalue weighted by molar-refractivity contribution is 7.08. The maximum atomic E-state index is 12.8. The number of amides is 2. The van der Waals surface area contributed by atoms with Crippen LogP contribution in [-0.2, 0) is 6.54 Å². The summed E-state index contributed by atoms with van der Waals surface area (Å²) in [5.74, 6) is 0.102. The summed E-state index contributed by atoms with van der Waals surface area (Å²) < 4.78 is 12.5. The number of carbonyl (C=O) groups is 2. The summed E-state index contributed by atoms with van der Waals surface area (Å²) in [5.41, 5.74) is 1.22. The van der Waals surface area contributed by atoms with Gasteiger partial charge in [0.15, 0.2) is 11.5 Å². The molecule has 152 valence electrons. The number of anilines is 1. The van der Waals surface area contributed by atoms with Crippen LogP contribution >= 0.6 is 11.3 Å². The Morgan fingerprint density at radius 1 is 1.21 bits per heavy atom. The van der Waals surface area contributed by atoms with E-state index in [-0.39, 0.29) is 17.9 Å². The Morgan fingerprint density at radius 2 is 2.03 bits per heavy atom. The van der Waals surface area contributed by atoms with Crippen molar-refractivity contribution in [1.82, 2.24) is 15.1 Å². The fourth-order valence-corrected chi connectivity index (χ4v) is 3.45. The molecule has 0 aliphatic rings. The van der Waals surface area contributed by atoms with E-state index in [1.165, 1.54) is 25.6 Å². The lowest BCUT2D eigenvalue weighted by Gasteiger charge is -2.17. The second-order valence-corrected chi connectivity index (χ2v) is 7.11. The molecule has 2 N–H and O–H groups in total. The summed E-state index contributed by atoms with van der Waals surface area (Å²) in [6, 6.07) is 6.54. The molecular formula is C20H22N4O4S. The molecule has 2 aromatic heterocycles. The van der Waals surface area contributed by atoms with Crippen molar-refractivity contribution in [2.45, 2.75) is 19.5 Å². The molecule has 0 saturated heterocycles. The molecule has 29 heavy (non-hydrogen) atoms. The van der Waals surface area contributed by atoms with Gasteiger partial charge in [-0.25, -0.2) is 0 Å². The highest BCUT2D eigenvalue weighted by atomic mass is 32.1. The van der Waals surface area contributed by atoms with Crippen LogP contribution in [0.5, 0.6) is 11.5 Å². The zero-order chi connectivity index (χ0) is 20.8. The molecule has 0 bridgehead atoms. The Hall–Kier alpha value is -3.33. The summed E-state index contributed by atoms with van der Waals surface area (Å²) in [6.45, 7) is 2.42. The van der Waals surface area contributed by atoms with Crippen molar-refractivity contribution in [2.24, 2.45) is 0 Å². The molecule has 0 radical (unpaired) electrons. The molecule has 0 aliphatic carbocycles. The van der Waals surface area contributed by atoms with E-state index in [4.69, 9.17) is 9.47 Å². The van der Waals surface area contributed by atoms with Gasteiger partial charge in [0.2, 0.25) is 0 Å². The van der Waals surface area contributed by atoms with Gasteiger partial charge in [-0.15, -0.1) is 0 Å². The fourth-order valence-electron chi connectivity index (χ4n) is 2.82. The van der Waals surface area contributed by atoms with E-state index >= 15 is 0 Å². The van der Waals surface area contributed by atoms with Gasteiger partial charge >= 0.3 is 0 Å². The zero-order valence-corrected chi connectivity index (χ0v) is 17.2. The second-order valence-electron chi connectivity index (χ2n) is 6.33. The van der Waals surface area contributed by atoms with E-state index in [0.29, 0.717) is 34.9 Å². The van der Waals surface area contributed by atoms with Gasteiger partial charge < -0.3 is 20.1 Å². The molecule has 2 amide bonds. The Morgan fingerprint density at radius 3 is 2.66 bits per heavy atom. The summed E-state index contributed by atoms with van der Waals surface area (Å²) in [6.07, 6.45) is 3.52. The van der Waals surface area contributed by atoms with Crippen LogP contribution in [0.4, 0.5) is 5.69 Å². The van der Waals surface area contributed by atoms with Crippen molar-refractivity contribution in [1.29, 1.82) is 0 Å². The molecule has 0 aliphatic heterocycles. The summed E-state index contributed by atoms with van der Waals surface area (Å²) >= 11 is 1.42. The minimum Gasteiger partial charge on any atom is -0.493 e. The molecule has 3 aromatic rings. The first-order chi connectivity index (χ1) is 14.0. The lowest BCUT2D eigenvalue weighted by Crippen LogP contribution is -2.35. The number of hydrogen-bond donors (Lipinski definition) is 2. The zero-order valence-electron chi connectivity index (χ0n) is 16.3. The van der Waals surface area contributed by atoms with E-state index in [9.17, 15) is 9.59 Å². The molecule has 1 aromatic carbocycles. The maximum Gasteiger partial charge on any atom is 0.256 e. The molecule has 0 saturated carbocycles. The summed E-state index contributed by atoms with van der Waals surface area (Å²) in [5, 5.41) is 13.4. The normalized spacial score (nSPS) is 11.6. The third-order valence-electron chi connectivity index (χ3n) is 4.17. The number of ether oxygens (including phenoxy) is 2. The predicted molar refractivity (Wildman–Crippen MR) is 111 cm³/mol. The maximum absolute atomic E-state index is 12.8. The van der Waals surface area contributed by atoms with Crippen LogP contribution in [0.25, 0.3) is 0 Å². The second kappa shape index (κ2) is 9.24. The van der Waals surface area contributed by atoms with Crippen LogP contribution in [0.3, 0.4) is 0 Å². The molecule has 0 spiro atoms. The van der Waals surface area contributed by atoms with E-state index in [2.05, 4.69) is 15.7 Å². The van der Waals surface area contributed by atoms with E-state index < -0.39 is 0 Å². The van der Waals surface area contributed by atoms with Gasteiger partial charge in [-0.1, -0.05) is 0 Å². The van der Waals surface area contributed by atoms with E-state index in [1.54, 1.807) is 34.5 Å². The molecular weight excluding hydrogens is 392 g/mol. The number of carbonyl (C=O) groups excluding carboxylic acids is 2. The summed E-state index contributed by atoms with van der Waals surface area (Å²) in [4.78, 5) is 25.2. The minimum absolute atomic E-state index is 0.153. The average molecular weight is 414 g/mol. The van der Waals surface area contributed by atoms with Crippen molar-refractivity contribution in [3.8, 4) is 11.5 Å². The van der Waals surface area contributed by atoms with Crippen LogP contribution in [0.2, 0.25) is 0 Å². The van der Waals surface area contributed by atoms with Gasteiger partial charge in [-0.3, -0.25) is 14.3 Å². The van der Waals surface area contributed by atoms with Crippen molar-refractivity contribution < 1.29 is 19.1 Å². The fraction of sp³-hybridized carbons (Fsp3) is 0.250. The smallest absolute Gasteiger partial charge is 0.256 e. The first kappa shape index (κ1) is 20.4. The Labute approximate surface area is 172 Å². The number of hydrogen-bond acceptors (Lipinski definition) is 6. The Bertz CT molecular complexity index is 971. The van der Waals surface area contributed by atoms with Gasteiger partial charge in [0.05, 0.1) is 32.0 Å². The minimum atomic E-state index is -0.295. The predicted octanol–water partition coefficient (Wildman–Crippen LogP) is 3.03. The SMILES string of the molecule is COc1cc(C(=O)NC(C)Cn2cccn2)cc(NC(=O)c2ccsc2)c1OC. The van der Waals surface area contributed by atoms with Gasteiger partial charge in [0.25, 0.3) is 11.8 Å². The average Bonchev–Trinajstić information content (AvgIpc) is 3.41. The van der Waals surface area contributed by atoms with E-state index in [0.717, 1.165) is 0 Å². The van der Waals surface area contributed by atoms with Gasteiger partial charge in [-0.05, 0) is 36.6 Å². The molecule has 8 nitrogen and oxygen atoms in total. The molecule has 3 rings (SSSR count). The molecule has 1 unspecified atom stereocenters. The van der Waals surface area contributed by atoms with Crippen LogP contribution in [0.15, 0.2) is 47.4 Å². The summed E-state index contributed by atoms with van der Waals surface area (Å²) in [7, 11) is 2.95. The quantitative estimate of drug-likeness (QED) is 0.591. The van der Waals surface area contributed by atoms with Crippen molar-refractivity contribution >= 4 is 28.8 Å². The number of benzene rings is 1. The van der Waals surface area contributed by atoms with Crippen molar-refractivity contribution in [3.05, 3.63) is 58.5 Å². The van der Waals surface area contributed by atoms with Gasteiger partial charge in [0.1, 0.15) is 0 Å². The van der Waals surface area contributed by atoms with Gasteiger partial charge in [-0.2, -0.15) is 16.4 Å². The number of rotatable bonds is 8. The Kier molecular flexibility index (Phi) is 6.50. The number of aromatic nitrogens is 2. The van der Waals surface area contributed by atoms with Crippen LogP contribution < -0.4 is 20.1 Å². The van der Waals surface area contributed by atoms with E-state index in [1.807, 2.05) is 24.6 Å². The molecule has 2 heterocycles. The lowest BCUT2D eigenvalue weighted by molar-refractivity contribution is 0.0934. The van der Waals surface area contributed by atoms with Crippen LogP contribution in [-0.4, -0.2) is 41.9 Å². The third kappa shape index (κ3) is 4.94. The molecule has 1 atom stereocenters. The van der Waals surface area contributed by atoms with Crippen molar-refractivity contribution in [3.63, 3.8) is 0 Å². The van der Waals surface area contributed by atoms with Crippen LogP contribution in [0, 0.1) is 0 Å². The number of nitrogens with zero attached hydrogens (tertiary/aromatic N) is 2. The first-order valence-electron chi connectivity index (χ1n) is 8.89. The highest BCUT2D eigenvalue weighted by Gasteiger charge is 2.19. The lowest BCUT2D eigenvalue weighted by atomic mass is 10.1. The van der Waals surface area contributed by atoms with Gasteiger partial charge in [0, 0.05) is 29.4 Å². The first-order valence-corrected chi connectivity index (χ1v) is 9.84. The number of nitrogens with one attached hydrogen (secondary N) is 2. The Balaban J connectivity index is 1.82. The third-order valence-corrected chi connectivity index (χ3v) is 4.85. The van der Waals surface area contributed by atoms with Crippen molar-refractivity contribution in [2.75, 3.05) is 19.5 Å². The number of methoxy groups -OCH3 is 2.